The Labute approximate surface area is 178 Å². The molecule has 2 heterocycles. The Hall–Kier alpha value is -3.59. The van der Waals surface area contributed by atoms with Gasteiger partial charge in [0.15, 0.2) is 11.5 Å². The van der Waals surface area contributed by atoms with Crippen molar-refractivity contribution in [1.29, 1.82) is 0 Å². The third-order valence-corrected chi connectivity index (χ3v) is 5.21. The maximum Gasteiger partial charge on any atom is 0.293 e. The van der Waals surface area contributed by atoms with E-state index in [-0.39, 0.29) is 29.9 Å². The van der Waals surface area contributed by atoms with Gasteiger partial charge in [-0.1, -0.05) is 18.2 Å². The van der Waals surface area contributed by atoms with E-state index in [9.17, 15) is 14.9 Å². The van der Waals surface area contributed by atoms with E-state index in [0.717, 1.165) is 25.0 Å². The van der Waals surface area contributed by atoms with Gasteiger partial charge in [-0.2, -0.15) is 0 Å². The summed E-state index contributed by atoms with van der Waals surface area (Å²) in [6, 6.07) is 11.8. The number of hydrogen-bond acceptors (Lipinski definition) is 6. The van der Waals surface area contributed by atoms with E-state index in [4.69, 9.17) is 14.2 Å². The van der Waals surface area contributed by atoms with Crippen molar-refractivity contribution in [3.05, 3.63) is 63.8 Å². The zero-order valence-corrected chi connectivity index (χ0v) is 17.1. The molecule has 2 aromatic carbocycles. The Morgan fingerprint density at radius 3 is 2.90 bits per heavy atom. The molecule has 0 bridgehead atoms. The third kappa shape index (κ3) is 4.61. The van der Waals surface area contributed by atoms with Crippen molar-refractivity contribution in [2.45, 2.75) is 25.5 Å². The minimum atomic E-state index is -0.477. The number of methoxy groups -OCH3 is 1. The lowest BCUT2D eigenvalue weighted by Gasteiger charge is -2.15. The summed E-state index contributed by atoms with van der Waals surface area (Å²) in [5.41, 5.74) is 1.34. The van der Waals surface area contributed by atoms with E-state index in [1.807, 2.05) is 12.1 Å². The molecule has 1 unspecified atom stereocenters. The van der Waals surface area contributed by atoms with Gasteiger partial charge in [-0.05, 0) is 36.6 Å². The summed E-state index contributed by atoms with van der Waals surface area (Å²) in [6.45, 7) is 1.51. The molecule has 31 heavy (non-hydrogen) atoms. The molecule has 9 heteroatoms. The molecule has 1 aromatic heterocycles. The van der Waals surface area contributed by atoms with Crippen LogP contribution in [0.3, 0.4) is 0 Å². The first-order valence-electron chi connectivity index (χ1n) is 10.0. The van der Waals surface area contributed by atoms with Gasteiger partial charge in [-0.3, -0.25) is 14.9 Å². The van der Waals surface area contributed by atoms with E-state index in [0.29, 0.717) is 29.0 Å². The summed E-state index contributed by atoms with van der Waals surface area (Å²) >= 11 is 0. The van der Waals surface area contributed by atoms with Crippen molar-refractivity contribution in [2.24, 2.45) is 0 Å². The maximum atomic E-state index is 12.6. The van der Waals surface area contributed by atoms with Gasteiger partial charge in [0.05, 0.1) is 18.1 Å². The second kappa shape index (κ2) is 9.05. The number of non-ortho nitro benzene ring substituents is 1. The largest absolute Gasteiger partial charge is 0.493 e. The number of para-hydroxylation sites is 1. The van der Waals surface area contributed by atoms with Crippen LogP contribution in [0.25, 0.3) is 10.9 Å². The molecule has 1 amide bonds. The van der Waals surface area contributed by atoms with Crippen LogP contribution in [-0.2, 0) is 11.3 Å². The molecule has 4 rings (SSSR count). The molecule has 0 radical (unpaired) electrons. The minimum absolute atomic E-state index is 0.0696. The van der Waals surface area contributed by atoms with E-state index in [1.165, 1.54) is 6.07 Å². The second-order valence-corrected chi connectivity index (χ2v) is 7.30. The van der Waals surface area contributed by atoms with E-state index < -0.39 is 4.92 Å². The van der Waals surface area contributed by atoms with Gasteiger partial charge in [0, 0.05) is 24.6 Å². The monoisotopic (exact) mass is 425 g/mol. The number of ether oxygens (including phenoxy) is 3. The van der Waals surface area contributed by atoms with Crippen molar-refractivity contribution in [1.82, 2.24) is 10.3 Å². The first-order valence-corrected chi connectivity index (χ1v) is 10.0. The summed E-state index contributed by atoms with van der Waals surface area (Å²) in [4.78, 5) is 26.1. The summed E-state index contributed by atoms with van der Waals surface area (Å²) < 4.78 is 16.8. The molecule has 1 fully saturated rings. The fourth-order valence-corrected chi connectivity index (χ4v) is 3.59. The van der Waals surface area contributed by atoms with Gasteiger partial charge in [0.25, 0.3) is 11.6 Å². The number of benzene rings is 2. The number of hydrogen-bond donors (Lipinski definition) is 2. The highest BCUT2D eigenvalue weighted by Gasteiger charge is 2.18. The van der Waals surface area contributed by atoms with E-state index in [1.54, 1.807) is 31.4 Å². The lowest BCUT2D eigenvalue weighted by atomic mass is 10.2. The Balaban J connectivity index is 1.41. The smallest absolute Gasteiger partial charge is 0.293 e. The van der Waals surface area contributed by atoms with Crippen LogP contribution < -0.4 is 14.8 Å². The number of rotatable bonds is 8. The predicted molar refractivity (Wildman–Crippen MR) is 114 cm³/mol. The topological polar surface area (TPSA) is 116 Å². The van der Waals surface area contributed by atoms with Crippen LogP contribution in [0.2, 0.25) is 0 Å². The molecule has 2 N–H and O–H groups in total. The molecule has 0 aliphatic carbocycles. The number of nitro benzene ring substituents is 1. The highest BCUT2D eigenvalue weighted by Crippen LogP contribution is 2.29. The Bertz CT molecular complexity index is 1100. The van der Waals surface area contributed by atoms with Crippen LogP contribution >= 0.6 is 0 Å². The third-order valence-electron chi connectivity index (χ3n) is 5.21. The Kier molecular flexibility index (Phi) is 6.03. The van der Waals surface area contributed by atoms with Gasteiger partial charge in [0.2, 0.25) is 0 Å². The van der Waals surface area contributed by atoms with Crippen molar-refractivity contribution in [3.8, 4) is 11.5 Å². The number of aromatic nitrogens is 1. The van der Waals surface area contributed by atoms with Crippen LogP contribution in [0, 0.1) is 10.1 Å². The highest BCUT2D eigenvalue weighted by atomic mass is 16.6. The zero-order valence-electron chi connectivity index (χ0n) is 17.1. The van der Waals surface area contributed by atoms with Crippen LogP contribution in [-0.4, -0.2) is 42.2 Å². The summed E-state index contributed by atoms with van der Waals surface area (Å²) in [5.74, 6) is 0.838. The number of H-pyrrole nitrogens is 1. The quantitative estimate of drug-likeness (QED) is 0.421. The first-order chi connectivity index (χ1) is 15.0. The molecule has 1 atom stereocenters. The molecule has 0 spiro atoms. The minimum Gasteiger partial charge on any atom is -0.493 e. The lowest BCUT2D eigenvalue weighted by Crippen LogP contribution is -2.23. The molecule has 9 nitrogen and oxygen atoms in total. The number of fused-ring (bicyclic) bond motifs is 1. The molecule has 1 saturated heterocycles. The number of nitro groups is 1. The van der Waals surface area contributed by atoms with Crippen LogP contribution in [0.5, 0.6) is 11.5 Å². The van der Waals surface area contributed by atoms with Gasteiger partial charge in [-0.15, -0.1) is 0 Å². The van der Waals surface area contributed by atoms with Crippen molar-refractivity contribution >= 4 is 22.5 Å². The molecular formula is C22H23N3O6. The average Bonchev–Trinajstić information content (AvgIpc) is 3.45. The highest BCUT2D eigenvalue weighted by molar-refractivity contribution is 6.00. The van der Waals surface area contributed by atoms with Gasteiger partial charge in [0.1, 0.15) is 17.8 Å². The van der Waals surface area contributed by atoms with Crippen LogP contribution in [0.4, 0.5) is 5.69 Å². The van der Waals surface area contributed by atoms with Crippen molar-refractivity contribution < 1.29 is 23.9 Å². The molecule has 0 saturated carbocycles. The molecule has 1 aliphatic heterocycles. The zero-order chi connectivity index (χ0) is 21.8. The molecular weight excluding hydrogens is 402 g/mol. The predicted octanol–water partition coefficient (Wildman–Crippen LogP) is 3.57. The summed E-state index contributed by atoms with van der Waals surface area (Å²) in [5, 5.41) is 14.6. The van der Waals surface area contributed by atoms with Crippen LogP contribution in [0.15, 0.2) is 42.5 Å². The van der Waals surface area contributed by atoms with Gasteiger partial charge >= 0.3 is 0 Å². The Morgan fingerprint density at radius 1 is 1.29 bits per heavy atom. The summed E-state index contributed by atoms with van der Waals surface area (Å²) in [7, 11) is 1.56. The second-order valence-electron chi connectivity index (χ2n) is 7.30. The van der Waals surface area contributed by atoms with E-state index >= 15 is 0 Å². The van der Waals surface area contributed by atoms with E-state index in [2.05, 4.69) is 10.3 Å². The summed E-state index contributed by atoms with van der Waals surface area (Å²) in [6.07, 6.45) is 2.15. The molecule has 1 aliphatic rings. The average molecular weight is 425 g/mol. The number of nitrogens with zero attached hydrogens (tertiary/aromatic N) is 1. The lowest BCUT2D eigenvalue weighted by molar-refractivity contribution is -0.383. The fraction of sp³-hybridized carbons (Fsp3) is 0.318. The molecule has 3 aromatic rings. The van der Waals surface area contributed by atoms with Crippen molar-refractivity contribution in [3.63, 3.8) is 0 Å². The SMILES string of the molecule is COc1cc(CNC(=O)c2cc3cccc([N+](=O)[O-])c3[nH]2)ccc1OCC1CCCO1. The fourth-order valence-electron chi connectivity index (χ4n) is 3.59. The molecule has 162 valence electrons. The Morgan fingerprint density at radius 2 is 2.16 bits per heavy atom. The van der Waals surface area contributed by atoms with Crippen LogP contribution in [0.1, 0.15) is 28.9 Å². The number of carbonyl (C=O) groups excluding carboxylic acids is 1. The van der Waals surface area contributed by atoms with Crippen molar-refractivity contribution in [2.75, 3.05) is 20.3 Å². The van der Waals surface area contributed by atoms with Gasteiger partial charge < -0.3 is 24.5 Å². The number of aromatic amines is 1. The van der Waals surface area contributed by atoms with Gasteiger partial charge in [-0.25, -0.2) is 0 Å². The first kappa shape index (κ1) is 20.7. The maximum absolute atomic E-state index is 12.6. The number of amides is 1. The standard InChI is InChI=1S/C22H23N3O6/c1-29-20-10-14(7-8-19(20)31-13-16-5-3-9-30-16)12-23-22(26)17-11-15-4-2-6-18(25(27)28)21(15)24-17/h2,4,6-8,10-11,16,24H,3,5,9,12-13H2,1H3,(H,23,26). The number of carbonyl (C=O) groups is 1. The number of nitrogens with one attached hydrogen (secondary N) is 2. The normalized spacial score (nSPS) is 15.7.